The van der Waals surface area contributed by atoms with Gasteiger partial charge < -0.3 is 9.68 Å². The number of benzene rings is 4. The van der Waals surface area contributed by atoms with E-state index in [0.29, 0.717) is 24.6 Å². The first kappa shape index (κ1) is 21.1. The molecule has 0 atom stereocenters. The highest BCUT2D eigenvalue weighted by molar-refractivity contribution is 6.53. The van der Waals surface area contributed by atoms with E-state index in [2.05, 4.69) is 10.3 Å². The maximum Gasteiger partial charge on any atom is 0.142 e. The van der Waals surface area contributed by atoms with Gasteiger partial charge >= 0.3 is 0 Å². The molecule has 0 N–H and O–H groups in total. The summed E-state index contributed by atoms with van der Waals surface area (Å²) in [6, 6.07) is 39.7. The minimum Gasteiger partial charge on any atom is -0.390 e. The number of rotatable bonds is 9. The molecule has 4 rings (SSSR count). The molecule has 0 fully saturated rings. The molecule has 158 valence electrons. The topological polar surface area (TPSA) is 43.2 Å². The molecule has 0 spiro atoms. The predicted octanol–water partition coefficient (Wildman–Crippen LogP) is 6.23. The average Bonchev–Trinajstić information content (AvgIpc) is 2.87. The number of oxime groups is 2. The maximum atomic E-state index is 5.75. The maximum absolute atomic E-state index is 5.75. The van der Waals surface area contributed by atoms with E-state index in [0.717, 1.165) is 22.3 Å². The Labute approximate surface area is 188 Å². The predicted molar refractivity (Wildman–Crippen MR) is 128 cm³/mol. The molecule has 0 bridgehead atoms. The Morgan fingerprint density at radius 3 is 1.09 bits per heavy atom. The molecule has 0 heterocycles. The fourth-order valence-corrected chi connectivity index (χ4v) is 3.15. The van der Waals surface area contributed by atoms with Crippen LogP contribution in [0.15, 0.2) is 132 Å². The van der Waals surface area contributed by atoms with Gasteiger partial charge in [-0.1, -0.05) is 132 Å². The van der Waals surface area contributed by atoms with Crippen LogP contribution in [0, 0.1) is 0 Å². The van der Waals surface area contributed by atoms with E-state index in [1.165, 1.54) is 0 Å². The van der Waals surface area contributed by atoms with Gasteiger partial charge in [0.15, 0.2) is 0 Å². The van der Waals surface area contributed by atoms with E-state index >= 15 is 0 Å². The number of nitrogens with zero attached hydrogens (tertiary/aromatic N) is 2. The molecule has 0 aliphatic heterocycles. The van der Waals surface area contributed by atoms with E-state index in [-0.39, 0.29) is 0 Å². The normalized spacial score (nSPS) is 11.8. The molecule has 0 radical (unpaired) electrons. The van der Waals surface area contributed by atoms with Crippen LogP contribution in [-0.2, 0) is 22.9 Å². The fraction of sp³-hybridized carbons (Fsp3) is 0.0714. The highest BCUT2D eigenvalue weighted by Gasteiger charge is 2.16. The summed E-state index contributed by atoms with van der Waals surface area (Å²) in [5.74, 6) is 0. The van der Waals surface area contributed by atoms with Gasteiger partial charge in [-0.3, -0.25) is 0 Å². The van der Waals surface area contributed by atoms with E-state index in [1.54, 1.807) is 0 Å². The summed E-state index contributed by atoms with van der Waals surface area (Å²) in [4.78, 5) is 11.5. The first-order valence-corrected chi connectivity index (χ1v) is 10.5. The molecule has 0 aliphatic rings. The van der Waals surface area contributed by atoms with Crippen LogP contribution in [0.4, 0.5) is 0 Å². The summed E-state index contributed by atoms with van der Waals surface area (Å²) in [5.41, 5.74) is 5.10. The largest absolute Gasteiger partial charge is 0.390 e. The summed E-state index contributed by atoms with van der Waals surface area (Å²) in [6.45, 7) is 0.730. The number of hydrogen-bond acceptors (Lipinski definition) is 4. The molecule has 0 saturated carbocycles. The van der Waals surface area contributed by atoms with Gasteiger partial charge in [0.05, 0.1) is 0 Å². The second-order valence-corrected chi connectivity index (χ2v) is 7.13. The minimum atomic E-state index is 0.365. The van der Waals surface area contributed by atoms with Crippen LogP contribution >= 0.6 is 0 Å². The zero-order valence-electron chi connectivity index (χ0n) is 17.7. The van der Waals surface area contributed by atoms with Crippen molar-refractivity contribution in [1.82, 2.24) is 0 Å². The van der Waals surface area contributed by atoms with Gasteiger partial charge in [0.1, 0.15) is 24.6 Å². The smallest absolute Gasteiger partial charge is 0.142 e. The standard InChI is InChI=1S/C28H24N2O2/c1-5-13-23(14-6-1)21-31-29-27(25-17-9-3-10-18-25)28(26-19-11-4-12-20-26)30-32-22-24-15-7-2-8-16-24/h1-20H,21-22H2/b29-27+,30-28+. The van der Waals surface area contributed by atoms with Crippen molar-refractivity contribution < 1.29 is 9.68 Å². The van der Waals surface area contributed by atoms with Crippen molar-refractivity contribution in [2.24, 2.45) is 10.3 Å². The van der Waals surface area contributed by atoms with Gasteiger partial charge in [-0.05, 0) is 11.1 Å². The van der Waals surface area contributed by atoms with Crippen molar-refractivity contribution in [1.29, 1.82) is 0 Å². The summed E-state index contributed by atoms with van der Waals surface area (Å²) in [7, 11) is 0. The zero-order valence-corrected chi connectivity index (χ0v) is 17.7. The van der Waals surface area contributed by atoms with Crippen molar-refractivity contribution >= 4 is 11.4 Å². The van der Waals surface area contributed by atoms with Crippen molar-refractivity contribution in [2.75, 3.05) is 0 Å². The van der Waals surface area contributed by atoms with Gasteiger partial charge in [0.25, 0.3) is 0 Å². The van der Waals surface area contributed by atoms with Crippen LogP contribution in [0.2, 0.25) is 0 Å². The molecule has 0 aromatic heterocycles. The van der Waals surface area contributed by atoms with Gasteiger partial charge in [-0.2, -0.15) is 0 Å². The van der Waals surface area contributed by atoms with Crippen molar-refractivity contribution in [3.63, 3.8) is 0 Å². The fourth-order valence-electron chi connectivity index (χ4n) is 3.15. The van der Waals surface area contributed by atoms with Crippen LogP contribution in [0.5, 0.6) is 0 Å². The quantitative estimate of drug-likeness (QED) is 0.238. The van der Waals surface area contributed by atoms with Gasteiger partial charge in [0.2, 0.25) is 0 Å². The zero-order chi connectivity index (χ0) is 21.8. The molecule has 0 saturated heterocycles. The SMILES string of the molecule is c1ccc(CO/N=C(/C(=N/OCc2ccccc2)c2ccccc2)c2ccccc2)cc1. The van der Waals surface area contributed by atoms with Crippen LogP contribution < -0.4 is 0 Å². The molecule has 4 aromatic rings. The van der Waals surface area contributed by atoms with Crippen LogP contribution in [0.3, 0.4) is 0 Å². The molecule has 32 heavy (non-hydrogen) atoms. The Morgan fingerprint density at radius 2 is 0.750 bits per heavy atom. The molecule has 4 heteroatoms. The van der Waals surface area contributed by atoms with Gasteiger partial charge in [-0.25, -0.2) is 0 Å². The third kappa shape index (κ3) is 5.92. The molecular formula is C28H24N2O2. The van der Waals surface area contributed by atoms with Crippen LogP contribution in [-0.4, -0.2) is 11.4 Å². The molecule has 4 nitrogen and oxygen atoms in total. The Kier molecular flexibility index (Phi) is 7.42. The monoisotopic (exact) mass is 420 g/mol. The van der Waals surface area contributed by atoms with Crippen molar-refractivity contribution in [3.05, 3.63) is 144 Å². The third-order valence-corrected chi connectivity index (χ3v) is 4.78. The molecule has 0 amide bonds. The molecule has 0 aliphatic carbocycles. The average molecular weight is 421 g/mol. The van der Waals surface area contributed by atoms with Crippen molar-refractivity contribution in [3.8, 4) is 0 Å². The Morgan fingerprint density at radius 1 is 0.438 bits per heavy atom. The summed E-state index contributed by atoms with van der Waals surface area (Å²) < 4.78 is 0. The summed E-state index contributed by atoms with van der Waals surface area (Å²) >= 11 is 0. The lowest BCUT2D eigenvalue weighted by Crippen LogP contribution is -2.18. The second kappa shape index (κ2) is 11.3. The molecule has 0 unspecified atom stereocenters. The first-order valence-electron chi connectivity index (χ1n) is 10.5. The van der Waals surface area contributed by atoms with Crippen LogP contribution in [0.25, 0.3) is 0 Å². The molecule has 4 aromatic carbocycles. The highest BCUT2D eigenvalue weighted by Crippen LogP contribution is 2.13. The van der Waals surface area contributed by atoms with Crippen molar-refractivity contribution in [2.45, 2.75) is 13.2 Å². The van der Waals surface area contributed by atoms with E-state index in [9.17, 15) is 0 Å². The molecular weight excluding hydrogens is 396 g/mol. The minimum absolute atomic E-state index is 0.365. The number of hydrogen-bond donors (Lipinski definition) is 0. The highest BCUT2D eigenvalue weighted by atomic mass is 16.6. The summed E-state index contributed by atoms with van der Waals surface area (Å²) in [5, 5.41) is 8.99. The lowest BCUT2D eigenvalue weighted by atomic mass is 10.00. The summed E-state index contributed by atoms with van der Waals surface area (Å²) in [6.07, 6.45) is 0. The Balaban J connectivity index is 1.65. The third-order valence-electron chi connectivity index (χ3n) is 4.78. The lowest BCUT2D eigenvalue weighted by molar-refractivity contribution is 0.127. The van der Waals surface area contributed by atoms with Gasteiger partial charge in [0, 0.05) is 11.1 Å². The van der Waals surface area contributed by atoms with E-state index < -0.39 is 0 Å². The van der Waals surface area contributed by atoms with E-state index in [4.69, 9.17) is 9.68 Å². The van der Waals surface area contributed by atoms with E-state index in [1.807, 2.05) is 121 Å². The van der Waals surface area contributed by atoms with Gasteiger partial charge in [-0.15, -0.1) is 0 Å². The first-order chi connectivity index (χ1) is 15.9. The lowest BCUT2D eigenvalue weighted by Gasteiger charge is -2.11. The Bertz CT molecular complexity index is 1050. The Hall–Kier alpha value is -4.18. The second-order valence-electron chi connectivity index (χ2n) is 7.13. The van der Waals surface area contributed by atoms with Crippen LogP contribution in [0.1, 0.15) is 22.3 Å².